The summed E-state index contributed by atoms with van der Waals surface area (Å²) in [5.41, 5.74) is 1.70. The number of aryl methyl sites for hydroxylation is 1. The van der Waals surface area contributed by atoms with E-state index in [9.17, 15) is 9.90 Å². The first-order valence-electron chi connectivity index (χ1n) is 10.7. The molecule has 0 radical (unpaired) electrons. The van der Waals surface area contributed by atoms with Gasteiger partial charge in [0.2, 0.25) is 18.6 Å². The fourth-order valence-electron chi connectivity index (χ4n) is 5.52. The van der Waals surface area contributed by atoms with Crippen LogP contribution in [0.15, 0.2) is 18.3 Å². The molecule has 162 valence electrons. The van der Waals surface area contributed by atoms with Crippen LogP contribution < -0.4 is 24.6 Å². The fourth-order valence-corrected chi connectivity index (χ4v) is 5.52. The second kappa shape index (κ2) is 6.23. The molecule has 0 spiro atoms. The zero-order valence-corrected chi connectivity index (χ0v) is 17.6. The summed E-state index contributed by atoms with van der Waals surface area (Å²) in [4.78, 5) is 25.8. The number of rotatable bonds is 3. The zero-order chi connectivity index (χ0) is 21.4. The summed E-state index contributed by atoms with van der Waals surface area (Å²) in [6, 6.07) is 3.82. The quantitative estimate of drug-likeness (QED) is 0.777. The Morgan fingerprint density at radius 3 is 2.61 bits per heavy atom. The van der Waals surface area contributed by atoms with Crippen LogP contribution in [0.25, 0.3) is 0 Å². The maximum Gasteiger partial charge on any atom is 0.246 e. The molecule has 1 amide bonds. The van der Waals surface area contributed by atoms with Gasteiger partial charge in [0.15, 0.2) is 17.3 Å². The van der Waals surface area contributed by atoms with E-state index in [1.54, 1.807) is 18.1 Å². The van der Waals surface area contributed by atoms with Gasteiger partial charge in [-0.05, 0) is 50.7 Å². The molecule has 2 aromatic rings. The van der Waals surface area contributed by atoms with E-state index < -0.39 is 5.60 Å². The van der Waals surface area contributed by atoms with Crippen molar-refractivity contribution in [2.24, 2.45) is 0 Å². The maximum absolute atomic E-state index is 12.7. The van der Waals surface area contributed by atoms with Gasteiger partial charge in [0.25, 0.3) is 0 Å². The van der Waals surface area contributed by atoms with E-state index in [0.29, 0.717) is 23.8 Å². The van der Waals surface area contributed by atoms with Crippen molar-refractivity contribution in [1.29, 1.82) is 0 Å². The van der Waals surface area contributed by atoms with Crippen LogP contribution in [0.4, 0.5) is 23.1 Å². The predicted octanol–water partition coefficient (Wildman–Crippen LogP) is 2.49. The Morgan fingerprint density at radius 2 is 1.90 bits per heavy atom. The Balaban J connectivity index is 1.38. The second-order valence-corrected chi connectivity index (χ2v) is 9.21. The van der Waals surface area contributed by atoms with E-state index in [2.05, 4.69) is 15.2 Å². The summed E-state index contributed by atoms with van der Waals surface area (Å²) < 4.78 is 10.9. The molecule has 2 fully saturated rings. The van der Waals surface area contributed by atoms with Crippen LogP contribution in [-0.2, 0) is 4.79 Å². The number of anilines is 4. The SMILES string of the molecule is Cc1cc2c(cc1Nc1ncc3c(n1)N(C14CCC(O)(CC1)C4)CC(=O)N3C)OCO2. The molecule has 2 bridgehead atoms. The summed E-state index contributed by atoms with van der Waals surface area (Å²) in [5, 5.41) is 14.1. The lowest BCUT2D eigenvalue weighted by Gasteiger charge is -2.45. The minimum atomic E-state index is -0.607. The van der Waals surface area contributed by atoms with Gasteiger partial charge in [0, 0.05) is 24.3 Å². The number of carbonyl (C=O) groups is 1. The van der Waals surface area contributed by atoms with Crippen molar-refractivity contribution in [2.45, 2.75) is 50.2 Å². The van der Waals surface area contributed by atoms with Crippen LogP contribution in [-0.4, -0.2) is 52.5 Å². The molecule has 4 aliphatic rings. The molecule has 31 heavy (non-hydrogen) atoms. The molecule has 1 aromatic carbocycles. The van der Waals surface area contributed by atoms with Crippen molar-refractivity contribution in [3.8, 4) is 11.5 Å². The number of hydrogen-bond donors (Lipinski definition) is 2. The predicted molar refractivity (Wildman–Crippen MR) is 114 cm³/mol. The van der Waals surface area contributed by atoms with Gasteiger partial charge in [0.05, 0.1) is 18.3 Å². The molecule has 0 atom stereocenters. The molecule has 2 aliphatic carbocycles. The first-order valence-corrected chi connectivity index (χ1v) is 10.7. The monoisotopic (exact) mass is 423 g/mol. The maximum atomic E-state index is 12.7. The number of hydrogen-bond acceptors (Lipinski definition) is 8. The average Bonchev–Trinajstić information content (AvgIpc) is 3.44. The Kier molecular flexibility index (Phi) is 3.75. The van der Waals surface area contributed by atoms with Crippen molar-refractivity contribution in [1.82, 2.24) is 9.97 Å². The van der Waals surface area contributed by atoms with Gasteiger partial charge in [0.1, 0.15) is 5.69 Å². The molecule has 0 unspecified atom stereocenters. The van der Waals surface area contributed by atoms with Crippen LogP contribution in [0.5, 0.6) is 11.5 Å². The number of ether oxygens (including phenoxy) is 2. The lowest BCUT2D eigenvalue weighted by molar-refractivity contribution is -0.117. The van der Waals surface area contributed by atoms with E-state index in [4.69, 9.17) is 14.5 Å². The van der Waals surface area contributed by atoms with Crippen LogP contribution in [0, 0.1) is 6.92 Å². The normalized spacial score (nSPS) is 28.3. The minimum absolute atomic E-state index is 0.0140. The first kappa shape index (κ1) is 18.7. The lowest BCUT2D eigenvalue weighted by Crippen LogP contribution is -2.54. The number of aliphatic hydroxyl groups is 1. The molecule has 2 aliphatic heterocycles. The van der Waals surface area contributed by atoms with Gasteiger partial charge < -0.3 is 29.7 Å². The van der Waals surface area contributed by atoms with Crippen LogP contribution in [0.2, 0.25) is 0 Å². The summed E-state index contributed by atoms with van der Waals surface area (Å²) in [7, 11) is 1.76. The number of benzene rings is 1. The van der Waals surface area contributed by atoms with Gasteiger partial charge in [-0.3, -0.25) is 4.79 Å². The molecule has 3 heterocycles. The van der Waals surface area contributed by atoms with Crippen molar-refractivity contribution in [2.75, 3.05) is 35.5 Å². The Bertz CT molecular complexity index is 1100. The van der Waals surface area contributed by atoms with Gasteiger partial charge in [-0.1, -0.05) is 0 Å². The molecule has 2 N–H and O–H groups in total. The third-order valence-electron chi connectivity index (χ3n) is 7.34. The first-order chi connectivity index (χ1) is 14.9. The number of nitrogens with zero attached hydrogens (tertiary/aromatic N) is 4. The van der Waals surface area contributed by atoms with E-state index in [1.165, 1.54) is 0 Å². The summed E-state index contributed by atoms with van der Waals surface area (Å²) in [6.45, 7) is 2.47. The topological polar surface area (TPSA) is 100 Å². The Hall–Kier alpha value is -3.07. The summed E-state index contributed by atoms with van der Waals surface area (Å²) in [5.74, 6) is 2.63. The fraction of sp³-hybridized carbons (Fsp3) is 0.500. The standard InChI is InChI=1S/C22H25N5O4/c1-13-7-16-17(31-12-30-16)8-14(13)24-20-23-9-15-19(25-20)27(10-18(28)26(15)2)21-3-5-22(29,11-21)6-4-21/h7-9,29H,3-6,10-12H2,1-2H3,(H,23,24,25). The van der Waals surface area contributed by atoms with E-state index >= 15 is 0 Å². The smallest absolute Gasteiger partial charge is 0.246 e. The van der Waals surface area contributed by atoms with Crippen molar-refractivity contribution in [3.05, 3.63) is 23.9 Å². The van der Waals surface area contributed by atoms with E-state index in [-0.39, 0.29) is 24.8 Å². The van der Waals surface area contributed by atoms with Crippen molar-refractivity contribution >= 4 is 29.0 Å². The van der Waals surface area contributed by atoms with Crippen molar-refractivity contribution in [3.63, 3.8) is 0 Å². The number of nitrogens with one attached hydrogen (secondary N) is 1. The molecule has 9 nitrogen and oxygen atoms in total. The lowest BCUT2D eigenvalue weighted by atomic mass is 9.90. The molecular formula is C22H25N5O4. The van der Waals surface area contributed by atoms with Gasteiger partial charge in [-0.25, -0.2) is 4.98 Å². The average molecular weight is 423 g/mol. The molecule has 1 aromatic heterocycles. The molecule has 9 heteroatoms. The molecule has 0 saturated heterocycles. The largest absolute Gasteiger partial charge is 0.454 e. The van der Waals surface area contributed by atoms with Gasteiger partial charge in [-0.2, -0.15) is 4.98 Å². The third kappa shape index (κ3) is 2.76. The number of amides is 1. The highest BCUT2D eigenvalue weighted by Gasteiger charge is 2.58. The highest BCUT2D eigenvalue weighted by atomic mass is 16.7. The minimum Gasteiger partial charge on any atom is -0.454 e. The Morgan fingerprint density at radius 1 is 1.16 bits per heavy atom. The molecular weight excluding hydrogens is 398 g/mol. The highest BCUT2D eigenvalue weighted by Crippen LogP contribution is 2.55. The van der Waals surface area contributed by atoms with Crippen LogP contribution >= 0.6 is 0 Å². The van der Waals surface area contributed by atoms with Crippen LogP contribution in [0.3, 0.4) is 0 Å². The number of aromatic nitrogens is 2. The third-order valence-corrected chi connectivity index (χ3v) is 7.34. The molecule has 6 rings (SSSR count). The Labute approximate surface area is 180 Å². The van der Waals surface area contributed by atoms with E-state index in [1.807, 2.05) is 19.1 Å². The number of fused-ring (bicyclic) bond motifs is 4. The number of likely N-dealkylation sites (N-methyl/N-ethyl adjacent to an activating group) is 1. The van der Waals surface area contributed by atoms with Crippen LogP contribution in [0.1, 0.15) is 37.7 Å². The van der Waals surface area contributed by atoms with Gasteiger partial charge >= 0.3 is 0 Å². The van der Waals surface area contributed by atoms with Crippen molar-refractivity contribution < 1.29 is 19.4 Å². The zero-order valence-electron chi connectivity index (χ0n) is 17.6. The second-order valence-electron chi connectivity index (χ2n) is 9.21. The highest BCUT2D eigenvalue weighted by molar-refractivity contribution is 6.02. The molecule has 2 saturated carbocycles. The van der Waals surface area contributed by atoms with E-state index in [0.717, 1.165) is 48.5 Å². The number of carbonyl (C=O) groups excluding carboxylic acids is 1. The van der Waals surface area contributed by atoms with Gasteiger partial charge in [-0.15, -0.1) is 0 Å². The summed E-state index contributed by atoms with van der Waals surface area (Å²) in [6.07, 6.45) is 5.67. The summed E-state index contributed by atoms with van der Waals surface area (Å²) >= 11 is 0.